The number of benzene rings is 1. The van der Waals surface area contributed by atoms with E-state index in [1.165, 1.54) is 0 Å². The minimum Gasteiger partial charge on any atom is -0.497 e. The second-order valence-corrected chi connectivity index (χ2v) is 5.13. The van der Waals surface area contributed by atoms with Crippen LogP contribution in [-0.4, -0.2) is 32.7 Å². The van der Waals surface area contributed by atoms with Gasteiger partial charge in [0.25, 0.3) is 0 Å². The third-order valence-corrected chi connectivity index (χ3v) is 3.66. The molecule has 5 heteroatoms. The van der Waals surface area contributed by atoms with Crippen molar-refractivity contribution in [1.29, 1.82) is 0 Å². The predicted molar refractivity (Wildman–Crippen MR) is 78.4 cm³/mol. The Morgan fingerprint density at radius 3 is 2.80 bits per heavy atom. The van der Waals surface area contributed by atoms with Crippen molar-refractivity contribution in [1.82, 2.24) is 5.32 Å². The van der Waals surface area contributed by atoms with Crippen molar-refractivity contribution in [2.75, 3.05) is 26.1 Å². The number of rotatable bonds is 4. The topological polar surface area (TPSA) is 59.6 Å². The Labute approximate surface area is 119 Å². The summed E-state index contributed by atoms with van der Waals surface area (Å²) in [5.74, 6) is 1.43. The summed E-state index contributed by atoms with van der Waals surface area (Å²) in [6, 6.07) is 5.77. The number of hydrogen-bond donors (Lipinski definition) is 2. The monoisotopic (exact) mass is 278 g/mol. The van der Waals surface area contributed by atoms with Gasteiger partial charge in [-0.3, -0.25) is 4.79 Å². The van der Waals surface area contributed by atoms with Crippen LogP contribution in [0, 0.1) is 5.92 Å². The molecule has 2 unspecified atom stereocenters. The van der Waals surface area contributed by atoms with E-state index in [0.717, 1.165) is 19.4 Å². The van der Waals surface area contributed by atoms with Crippen LogP contribution in [0.3, 0.4) is 0 Å². The van der Waals surface area contributed by atoms with Crippen molar-refractivity contribution in [3.63, 3.8) is 0 Å². The first-order valence-electron chi connectivity index (χ1n) is 6.90. The molecule has 2 N–H and O–H groups in total. The van der Waals surface area contributed by atoms with Gasteiger partial charge in [-0.25, -0.2) is 0 Å². The van der Waals surface area contributed by atoms with E-state index in [-0.39, 0.29) is 11.8 Å². The van der Waals surface area contributed by atoms with E-state index < -0.39 is 0 Å². The summed E-state index contributed by atoms with van der Waals surface area (Å²) >= 11 is 0. The Morgan fingerprint density at radius 1 is 1.35 bits per heavy atom. The van der Waals surface area contributed by atoms with E-state index in [4.69, 9.17) is 9.47 Å². The van der Waals surface area contributed by atoms with E-state index in [2.05, 4.69) is 17.6 Å². The third-order valence-electron chi connectivity index (χ3n) is 3.66. The van der Waals surface area contributed by atoms with E-state index in [1.54, 1.807) is 26.4 Å². The first kappa shape index (κ1) is 14.7. The molecule has 20 heavy (non-hydrogen) atoms. The van der Waals surface area contributed by atoms with Gasteiger partial charge < -0.3 is 20.1 Å². The highest BCUT2D eigenvalue weighted by molar-refractivity contribution is 5.94. The van der Waals surface area contributed by atoms with E-state index >= 15 is 0 Å². The van der Waals surface area contributed by atoms with Crippen LogP contribution in [0.5, 0.6) is 11.5 Å². The van der Waals surface area contributed by atoms with Crippen molar-refractivity contribution < 1.29 is 14.3 Å². The first-order valence-corrected chi connectivity index (χ1v) is 6.90. The van der Waals surface area contributed by atoms with Gasteiger partial charge in [0.2, 0.25) is 5.91 Å². The van der Waals surface area contributed by atoms with Gasteiger partial charge in [-0.1, -0.05) is 0 Å². The van der Waals surface area contributed by atoms with Gasteiger partial charge >= 0.3 is 0 Å². The number of amides is 1. The summed E-state index contributed by atoms with van der Waals surface area (Å²) in [6.45, 7) is 2.99. The number of carbonyl (C=O) groups excluding carboxylic acids is 1. The molecule has 1 fully saturated rings. The van der Waals surface area contributed by atoms with Crippen LogP contribution < -0.4 is 20.1 Å². The number of anilines is 1. The summed E-state index contributed by atoms with van der Waals surface area (Å²) in [5.41, 5.74) is 0.685. The molecule has 2 rings (SSSR count). The van der Waals surface area contributed by atoms with Gasteiger partial charge in [-0.05, 0) is 38.4 Å². The molecule has 1 aliphatic rings. The Bertz CT molecular complexity index is 476. The maximum Gasteiger partial charge on any atom is 0.227 e. The maximum atomic E-state index is 12.3. The second kappa shape index (κ2) is 6.61. The summed E-state index contributed by atoms with van der Waals surface area (Å²) in [5, 5.41) is 6.30. The first-order chi connectivity index (χ1) is 9.63. The van der Waals surface area contributed by atoms with Crippen molar-refractivity contribution in [3.8, 4) is 11.5 Å². The molecule has 0 aliphatic carbocycles. The fourth-order valence-corrected chi connectivity index (χ4v) is 2.51. The van der Waals surface area contributed by atoms with Crippen molar-refractivity contribution >= 4 is 11.6 Å². The molecule has 5 nitrogen and oxygen atoms in total. The lowest BCUT2D eigenvalue weighted by Gasteiger charge is -2.27. The van der Waals surface area contributed by atoms with Crippen molar-refractivity contribution in [2.24, 2.45) is 5.92 Å². The van der Waals surface area contributed by atoms with Crippen LogP contribution in [-0.2, 0) is 4.79 Å². The molecule has 1 saturated heterocycles. The Balaban J connectivity index is 2.07. The molecule has 1 heterocycles. The van der Waals surface area contributed by atoms with Crippen LogP contribution in [0.15, 0.2) is 18.2 Å². The zero-order valence-corrected chi connectivity index (χ0v) is 12.2. The molecule has 1 aliphatic heterocycles. The van der Waals surface area contributed by atoms with Crippen LogP contribution >= 0.6 is 0 Å². The third kappa shape index (κ3) is 3.42. The van der Waals surface area contributed by atoms with Crippen LogP contribution in [0.1, 0.15) is 19.8 Å². The van der Waals surface area contributed by atoms with E-state index in [0.29, 0.717) is 23.2 Å². The summed E-state index contributed by atoms with van der Waals surface area (Å²) in [4.78, 5) is 12.3. The molecule has 0 saturated carbocycles. The van der Waals surface area contributed by atoms with Gasteiger partial charge in [-0.15, -0.1) is 0 Å². The molecule has 0 bridgehead atoms. The smallest absolute Gasteiger partial charge is 0.227 e. The van der Waals surface area contributed by atoms with Crippen LogP contribution in [0.2, 0.25) is 0 Å². The Kier molecular flexibility index (Phi) is 4.84. The van der Waals surface area contributed by atoms with E-state index in [9.17, 15) is 4.79 Å². The number of carbonyl (C=O) groups is 1. The van der Waals surface area contributed by atoms with Crippen molar-refractivity contribution in [2.45, 2.75) is 25.8 Å². The largest absolute Gasteiger partial charge is 0.497 e. The fourth-order valence-electron chi connectivity index (χ4n) is 2.51. The molecule has 1 aromatic rings. The lowest BCUT2D eigenvalue weighted by molar-refractivity contribution is -0.120. The Hall–Kier alpha value is -1.75. The number of methoxy groups -OCH3 is 2. The zero-order valence-electron chi connectivity index (χ0n) is 12.2. The van der Waals surface area contributed by atoms with Gasteiger partial charge in [0, 0.05) is 18.0 Å². The average Bonchev–Trinajstić information content (AvgIpc) is 2.47. The van der Waals surface area contributed by atoms with Gasteiger partial charge in [0.15, 0.2) is 0 Å². The van der Waals surface area contributed by atoms with Gasteiger partial charge in [0.1, 0.15) is 11.5 Å². The number of hydrogen-bond acceptors (Lipinski definition) is 4. The second-order valence-electron chi connectivity index (χ2n) is 5.13. The molecule has 0 aromatic heterocycles. The highest BCUT2D eigenvalue weighted by Gasteiger charge is 2.25. The Morgan fingerprint density at radius 2 is 2.15 bits per heavy atom. The highest BCUT2D eigenvalue weighted by atomic mass is 16.5. The molecular weight excluding hydrogens is 256 g/mol. The standard InChI is InChI=1S/C15H22N2O3/c1-10-8-11(6-7-16-10)15(18)17-13-5-4-12(19-2)9-14(13)20-3/h4-5,9-11,16H,6-8H2,1-3H3,(H,17,18). The summed E-state index contributed by atoms with van der Waals surface area (Å²) < 4.78 is 10.4. The highest BCUT2D eigenvalue weighted by Crippen LogP contribution is 2.30. The minimum absolute atomic E-state index is 0.0538. The molecule has 0 spiro atoms. The lowest BCUT2D eigenvalue weighted by atomic mass is 9.92. The SMILES string of the molecule is COc1ccc(NC(=O)C2CCNC(C)C2)c(OC)c1. The number of piperidine rings is 1. The predicted octanol–water partition coefficient (Wildman–Crippen LogP) is 2.03. The lowest BCUT2D eigenvalue weighted by Crippen LogP contribution is -2.40. The average molecular weight is 278 g/mol. The van der Waals surface area contributed by atoms with Crippen LogP contribution in [0.25, 0.3) is 0 Å². The molecule has 110 valence electrons. The van der Waals surface area contributed by atoms with Gasteiger partial charge in [0.05, 0.1) is 19.9 Å². The van der Waals surface area contributed by atoms with Gasteiger partial charge in [-0.2, -0.15) is 0 Å². The molecule has 1 aromatic carbocycles. The number of nitrogens with one attached hydrogen (secondary N) is 2. The summed E-state index contributed by atoms with van der Waals surface area (Å²) in [7, 11) is 3.18. The fraction of sp³-hybridized carbons (Fsp3) is 0.533. The summed E-state index contributed by atoms with van der Waals surface area (Å²) in [6.07, 6.45) is 1.74. The van der Waals surface area contributed by atoms with Crippen molar-refractivity contribution in [3.05, 3.63) is 18.2 Å². The zero-order chi connectivity index (χ0) is 14.5. The van der Waals surface area contributed by atoms with E-state index in [1.807, 2.05) is 6.07 Å². The molecule has 1 amide bonds. The molecule has 0 radical (unpaired) electrons. The number of ether oxygens (including phenoxy) is 2. The van der Waals surface area contributed by atoms with Crippen LogP contribution in [0.4, 0.5) is 5.69 Å². The molecular formula is C15H22N2O3. The normalized spacial score (nSPS) is 22.1. The minimum atomic E-state index is 0.0538. The quantitative estimate of drug-likeness (QED) is 0.884. The molecule has 2 atom stereocenters. The maximum absolute atomic E-state index is 12.3.